The first-order valence-electron chi connectivity index (χ1n) is 8.38. The van der Waals surface area contributed by atoms with Crippen molar-refractivity contribution in [2.24, 2.45) is 4.40 Å². The van der Waals surface area contributed by atoms with Gasteiger partial charge in [0.25, 0.3) is 10.0 Å². The number of methoxy groups -OCH3 is 1. The molecule has 0 N–H and O–H groups in total. The van der Waals surface area contributed by atoms with Crippen molar-refractivity contribution in [2.75, 3.05) is 7.11 Å². The van der Waals surface area contributed by atoms with Gasteiger partial charge in [-0.1, -0.05) is 41.9 Å². The molecular formula is C21H18ClNO4S. The molecule has 0 aliphatic heterocycles. The molecule has 0 aromatic heterocycles. The molecule has 0 unspecified atom stereocenters. The first-order valence-corrected chi connectivity index (χ1v) is 10.2. The van der Waals surface area contributed by atoms with Crippen molar-refractivity contribution in [3.63, 3.8) is 0 Å². The van der Waals surface area contributed by atoms with Crippen LogP contribution in [0, 0.1) is 0 Å². The second-order valence-corrected chi connectivity index (χ2v) is 7.92. The number of halogens is 1. The first-order chi connectivity index (χ1) is 13.5. The summed E-state index contributed by atoms with van der Waals surface area (Å²) in [5.41, 5.74) is 1.50. The fourth-order valence-electron chi connectivity index (χ4n) is 2.46. The van der Waals surface area contributed by atoms with Gasteiger partial charge < -0.3 is 9.47 Å². The Morgan fingerprint density at radius 3 is 2.46 bits per heavy atom. The average Bonchev–Trinajstić information content (AvgIpc) is 2.72. The van der Waals surface area contributed by atoms with Gasteiger partial charge in [-0.05, 0) is 53.6 Å². The van der Waals surface area contributed by atoms with Crippen LogP contribution < -0.4 is 9.47 Å². The highest BCUT2D eigenvalue weighted by molar-refractivity contribution is 7.90. The minimum absolute atomic E-state index is 0.139. The quantitative estimate of drug-likeness (QED) is 0.523. The molecule has 0 aliphatic carbocycles. The SMILES string of the molecule is COc1cc(/C=N\S(=O)(=O)c2ccccc2)ccc1OCc1cccc(Cl)c1. The number of hydrogen-bond acceptors (Lipinski definition) is 4. The van der Waals surface area contributed by atoms with Gasteiger partial charge in [-0.15, -0.1) is 0 Å². The minimum atomic E-state index is -3.75. The second kappa shape index (κ2) is 8.91. The summed E-state index contributed by atoms with van der Waals surface area (Å²) < 4.78 is 39.4. The van der Waals surface area contributed by atoms with Gasteiger partial charge in [0.1, 0.15) is 6.61 Å². The Bertz CT molecular complexity index is 1080. The minimum Gasteiger partial charge on any atom is -0.493 e. The lowest BCUT2D eigenvalue weighted by molar-refractivity contribution is 0.284. The van der Waals surface area contributed by atoms with E-state index in [-0.39, 0.29) is 4.90 Å². The van der Waals surface area contributed by atoms with E-state index in [9.17, 15) is 8.42 Å². The summed E-state index contributed by atoms with van der Waals surface area (Å²) in [7, 11) is -2.24. The van der Waals surface area contributed by atoms with Gasteiger partial charge in [0.2, 0.25) is 0 Å². The largest absolute Gasteiger partial charge is 0.493 e. The molecule has 0 spiro atoms. The van der Waals surface area contributed by atoms with E-state index in [1.807, 2.05) is 18.2 Å². The molecule has 7 heteroatoms. The van der Waals surface area contributed by atoms with Crippen molar-refractivity contribution < 1.29 is 17.9 Å². The van der Waals surface area contributed by atoms with Crippen LogP contribution in [0.25, 0.3) is 0 Å². The molecule has 144 valence electrons. The maximum Gasteiger partial charge on any atom is 0.282 e. The smallest absolute Gasteiger partial charge is 0.282 e. The Morgan fingerprint density at radius 1 is 0.964 bits per heavy atom. The van der Waals surface area contributed by atoms with E-state index in [1.54, 1.807) is 42.5 Å². The summed E-state index contributed by atoms with van der Waals surface area (Å²) in [6, 6.07) is 20.5. The summed E-state index contributed by atoms with van der Waals surface area (Å²) in [6.45, 7) is 0.326. The van der Waals surface area contributed by atoms with E-state index in [2.05, 4.69) is 4.40 Å². The van der Waals surface area contributed by atoms with Crippen molar-refractivity contribution in [3.8, 4) is 11.5 Å². The maximum atomic E-state index is 12.2. The molecule has 0 fully saturated rings. The number of rotatable bonds is 7. The predicted molar refractivity (Wildman–Crippen MR) is 110 cm³/mol. The lowest BCUT2D eigenvalue weighted by atomic mass is 10.2. The van der Waals surface area contributed by atoms with E-state index in [0.29, 0.717) is 28.7 Å². The number of nitrogens with zero attached hydrogens (tertiary/aromatic N) is 1. The average molecular weight is 416 g/mol. The third-order valence-electron chi connectivity index (χ3n) is 3.85. The zero-order chi connectivity index (χ0) is 20.0. The van der Waals surface area contributed by atoms with E-state index >= 15 is 0 Å². The Morgan fingerprint density at radius 2 is 1.75 bits per heavy atom. The van der Waals surface area contributed by atoms with Crippen LogP contribution in [0.3, 0.4) is 0 Å². The summed E-state index contributed by atoms with van der Waals surface area (Å²) in [6.07, 6.45) is 1.28. The van der Waals surface area contributed by atoms with Gasteiger partial charge in [0.05, 0.1) is 12.0 Å². The summed E-state index contributed by atoms with van der Waals surface area (Å²) in [5.74, 6) is 1.01. The van der Waals surface area contributed by atoms with Crippen molar-refractivity contribution in [3.05, 3.63) is 88.9 Å². The molecule has 0 amide bonds. The highest BCUT2D eigenvalue weighted by atomic mass is 35.5. The zero-order valence-corrected chi connectivity index (χ0v) is 16.7. The maximum absolute atomic E-state index is 12.2. The fourth-order valence-corrected chi connectivity index (χ4v) is 3.55. The molecule has 0 bridgehead atoms. The number of benzene rings is 3. The van der Waals surface area contributed by atoms with E-state index in [4.69, 9.17) is 21.1 Å². The molecule has 3 aromatic rings. The van der Waals surface area contributed by atoms with E-state index in [1.165, 1.54) is 25.5 Å². The van der Waals surface area contributed by atoms with Gasteiger partial charge in [0.15, 0.2) is 11.5 Å². The van der Waals surface area contributed by atoms with Gasteiger partial charge in [0, 0.05) is 11.2 Å². The summed E-state index contributed by atoms with van der Waals surface area (Å²) in [4.78, 5) is 0.139. The second-order valence-electron chi connectivity index (χ2n) is 5.85. The van der Waals surface area contributed by atoms with Crippen LogP contribution >= 0.6 is 11.6 Å². The lowest BCUT2D eigenvalue weighted by Crippen LogP contribution is -1.99. The van der Waals surface area contributed by atoms with Crippen LogP contribution in [-0.2, 0) is 16.6 Å². The summed E-state index contributed by atoms with van der Waals surface area (Å²) in [5, 5.41) is 0.638. The number of ether oxygens (including phenoxy) is 2. The molecule has 0 aliphatic rings. The molecule has 5 nitrogen and oxygen atoms in total. The predicted octanol–water partition coefficient (Wildman–Crippen LogP) is 4.74. The molecule has 3 aromatic carbocycles. The Kier molecular flexibility index (Phi) is 6.34. The van der Waals surface area contributed by atoms with Crippen LogP contribution in [0.4, 0.5) is 0 Å². The van der Waals surface area contributed by atoms with Crippen molar-refractivity contribution in [1.29, 1.82) is 0 Å². The molecule has 3 rings (SSSR count). The van der Waals surface area contributed by atoms with Crippen molar-refractivity contribution in [1.82, 2.24) is 0 Å². The number of sulfonamides is 1. The molecule has 0 heterocycles. The number of hydrogen-bond donors (Lipinski definition) is 0. The Hall–Kier alpha value is -2.83. The fraction of sp³-hybridized carbons (Fsp3) is 0.0952. The molecule has 0 saturated heterocycles. The first kappa shape index (κ1) is 19.9. The molecule has 0 atom stereocenters. The Labute approximate surface area is 169 Å². The van der Waals surface area contributed by atoms with Crippen molar-refractivity contribution in [2.45, 2.75) is 11.5 Å². The van der Waals surface area contributed by atoms with Crippen LogP contribution in [0.1, 0.15) is 11.1 Å². The van der Waals surface area contributed by atoms with Crippen LogP contribution in [0.2, 0.25) is 5.02 Å². The molecular weight excluding hydrogens is 398 g/mol. The van der Waals surface area contributed by atoms with E-state index in [0.717, 1.165) is 5.56 Å². The molecule has 28 heavy (non-hydrogen) atoms. The van der Waals surface area contributed by atoms with Gasteiger partial charge in [-0.2, -0.15) is 12.8 Å². The third kappa shape index (κ3) is 5.12. The van der Waals surface area contributed by atoms with Gasteiger partial charge >= 0.3 is 0 Å². The van der Waals surface area contributed by atoms with Crippen LogP contribution in [0.5, 0.6) is 11.5 Å². The highest BCUT2D eigenvalue weighted by Crippen LogP contribution is 2.28. The lowest BCUT2D eigenvalue weighted by Gasteiger charge is -2.11. The van der Waals surface area contributed by atoms with Crippen LogP contribution in [-0.4, -0.2) is 21.7 Å². The van der Waals surface area contributed by atoms with Crippen LogP contribution in [0.15, 0.2) is 82.1 Å². The topological polar surface area (TPSA) is 65.0 Å². The monoisotopic (exact) mass is 415 g/mol. The van der Waals surface area contributed by atoms with Gasteiger partial charge in [-0.25, -0.2) is 0 Å². The zero-order valence-electron chi connectivity index (χ0n) is 15.1. The standard InChI is InChI=1S/C21H18ClNO4S/c1-26-21-13-16(14-23-28(24,25)19-8-3-2-4-9-19)10-11-20(21)27-15-17-6-5-7-18(22)12-17/h2-14H,15H2,1H3/b23-14-. The highest BCUT2D eigenvalue weighted by Gasteiger charge is 2.11. The van der Waals surface area contributed by atoms with Crippen molar-refractivity contribution >= 4 is 27.8 Å². The summed E-state index contributed by atoms with van der Waals surface area (Å²) >= 11 is 5.98. The Balaban J connectivity index is 1.75. The molecule has 0 radical (unpaired) electrons. The molecule has 0 saturated carbocycles. The van der Waals surface area contributed by atoms with Gasteiger partial charge in [-0.3, -0.25) is 0 Å². The third-order valence-corrected chi connectivity index (χ3v) is 5.34. The van der Waals surface area contributed by atoms with E-state index < -0.39 is 10.0 Å². The normalized spacial score (nSPS) is 11.5.